The number of hydrogen-bond acceptors (Lipinski definition) is 6. The van der Waals surface area contributed by atoms with Gasteiger partial charge in [-0.25, -0.2) is 0 Å². The molecule has 3 aliphatic heterocycles. The lowest BCUT2D eigenvalue weighted by molar-refractivity contribution is -0.136. The Kier molecular flexibility index (Phi) is 11.5. The third-order valence-electron chi connectivity index (χ3n) is 12.4. The zero-order chi connectivity index (χ0) is 40.3. The first-order chi connectivity index (χ1) is 28.1. The maximum absolute atomic E-state index is 13.3. The van der Waals surface area contributed by atoms with Crippen LogP contribution in [0.3, 0.4) is 0 Å². The summed E-state index contributed by atoms with van der Waals surface area (Å²) in [5, 5.41) is 16.9. The maximum atomic E-state index is 13.3. The Morgan fingerprint density at radius 1 is 0.879 bits per heavy atom. The molecule has 0 spiro atoms. The molecule has 4 aromatic rings. The van der Waals surface area contributed by atoms with Crippen LogP contribution in [-0.2, 0) is 22.7 Å². The van der Waals surface area contributed by atoms with Crippen LogP contribution < -0.4 is 5.32 Å². The van der Waals surface area contributed by atoms with Gasteiger partial charge in [0.05, 0.1) is 22.8 Å². The number of rotatable bonds is 6. The number of carbonyl (C=O) groups excluding carboxylic acids is 3. The summed E-state index contributed by atoms with van der Waals surface area (Å²) in [6.07, 6.45) is 7.49. The van der Waals surface area contributed by atoms with Crippen LogP contribution in [0.2, 0.25) is 5.02 Å². The summed E-state index contributed by atoms with van der Waals surface area (Å²) in [6, 6.07) is 21.2. The second-order valence-electron chi connectivity index (χ2n) is 16.3. The largest absolute Gasteiger partial charge is 0.322 e. The Morgan fingerprint density at radius 3 is 2.40 bits per heavy atom. The molecule has 1 aliphatic carbocycles. The number of benzene rings is 3. The monoisotopic (exact) mass is 790 g/mol. The number of halogens is 1. The van der Waals surface area contributed by atoms with Crippen LogP contribution in [0.5, 0.6) is 0 Å². The van der Waals surface area contributed by atoms with E-state index in [0.717, 1.165) is 90.1 Å². The minimum Gasteiger partial charge on any atom is -0.322 e. The molecule has 0 radical (unpaired) electrons. The molecule has 10 heteroatoms. The predicted molar refractivity (Wildman–Crippen MR) is 223 cm³/mol. The second kappa shape index (κ2) is 17.1. The predicted octanol–water partition coefficient (Wildman–Crippen LogP) is 7.42. The van der Waals surface area contributed by atoms with E-state index in [1.54, 1.807) is 11.0 Å². The van der Waals surface area contributed by atoms with Crippen molar-refractivity contribution in [1.82, 2.24) is 24.9 Å². The highest BCUT2D eigenvalue weighted by atomic mass is 35.5. The van der Waals surface area contributed by atoms with Gasteiger partial charge in [0.25, 0.3) is 5.91 Å². The Morgan fingerprint density at radius 2 is 1.64 bits per heavy atom. The molecule has 0 bridgehead atoms. The quantitative estimate of drug-likeness (QED) is 0.161. The fourth-order valence-corrected chi connectivity index (χ4v) is 9.10. The van der Waals surface area contributed by atoms with Crippen LogP contribution >= 0.6 is 11.6 Å². The Bertz CT molecular complexity index is 2430. The fourth-order valence-electron chi connectivity index (χ4n) is 8.88. The second-order valence-corrected chi connectivity index (χ2v) is 16.8. The highest BCUT2D eigenvalue weighted by Crippen LogP contribution is 2.32. The molecule has 3 fully saturated rings. The summed E-state index contributed by atoms with van der Waals surface area (Å²) in [7, 11) is 0. The summed E-state index contributed by atoms with van der Waals surface area (Å²) in [5.41, 5.74) is 8.96. The first kappa shape index (κ1) is 39.2. The summed E-state index contributed by atoms with van der Waals surface area (Å²) in [6.45, 7) is 8.39. The van der Waals surface area contributed by atoms with Gasteiger partial charge in [-0.1, -0.05) is 59.5 Å². The molecule has 9 nitrogen and oxygen atoms in total. The third kappa shape index (κ3) is 8.60. The minimum atomic E-state index is -0.610. The number of likely N-dealkylation sites (tertiary alicyclic amines) is 1. The summed E-state index contributed by atoms with van der Waals surface area (Å²) < 4.78 is 2.02. The number of nitriles is 1. The molecular formula is C48H47ClN6O3. The van der Waals surface area contributed by atoms with Crippen molar-refractivity contribution in [2.45, 2.75) is 84.3 Å². The summed E-state index contributed by atoms with van der Waals surface area (Å²) in [4.78, 5) is 41.5. The smallest absolute Gasteiger partial charge is 0.255 e. The van der Waals surface area contributed by atoms with Crippen molar-refractivity contribution in [1.29, 1.82) is 5.26 Å². The van der Waals surface area contributed by atoms with Crippen molar-refractivity contribution >= 4 is 29.3 Å². The van der Waals surface area contributed by atoms with E-state index < -0.39 is 11.9 Å². The Labute approximate surface area is 345 Å². The number of hydrogen-bond donors (Lipinski definition) is 1. The van der Waals surface area contributed by atoms with Crippen LogP contribution in [0.1, 0.15) is 101 Å². The van der Waals surface area contributed by atoms with Gasteiger partial charge in [0.15, 0.2) is 0 Å². The molecule has 3 amide bonds. The first-order valence-electron chi connectivity index (χ1n) is 20.5. The minimum absolute atomic E-state index is 0.164. The Balaban J connectivity index is 0.799. The molecule has 3 aromatic carbocycles. The lowest BCUT2D eigenvalue weighted by Crippen LogP contribution is -2.52. The van der Waals surface area contributed by atoms with Gasteiger partial charge in [0, 0.05) is 65.8 Å². The van der Waals surface area contributed by atoms with E-state index in [9.17, 15) is 19.6 Å². The number of piperidine rings is 2. The van der Waals surface area contributed by atoms with Crippen molar-refractivity contribution < 1.29 is 14.4 Å². The highest BCUT2D eigenvalue weighted by Gasteiger charge is 2.39. The van der Waals surface area contributed by atoms with E-state index in [4.69, 9.17) is 16.7 Å². The van der Waals surface area contributed by atoms with Crippen LogP contribution in [-0.4, -0.2) is 63.0 Å². The van der Waals surface area contributed by atoms with Gasteiger partial charge in [-0.2, -0.15) is 10.4 Å². The molecule has 1 N–H and O–H groups in total. The molecule has 1 aromatic heterocycles. The summed E-state index contributed by atoms with van der Waals surface area (Å²) in [5.74, 6) is 14.5. The van der Waals surface area contributed by atoms with E-state index in [1.807, 2.05) is 35.0 Å². The number of imide groups is 1. The molecule has 2 saturated heterocycles. The Hall–Kier alpha value is -5.66. The molecule has 294 valence electrons. The molecule has 8 rings (SSSR count). The SMILES string of the molecule is Cc1c(-c2ccc(C#N)c(Cl)c2)nn(Cc2ccc(C#C[C@H]3CC[C@H](CN4CCCC(C#Cc5ccc6c(c5)C(=O)N(C5CCC(=O)NC5=O)C6)C4)CC3)cc2)c1C. The fraction of sp³-hybridized carbons (Fsp3) is 0.396. The van der Waals surface area contributed by atoms with E-state index in [1.165, 1.54) is 12.8 Å². The van der Waals surface area contributed by atoms with Crippen LogP contribution in [0, 0.1) is 66.6 Å². The third-order valence-corrected chi connectivity index (χ3v) is 12.7. The van der Waals surface area contributed by atoms with Crippen LogP contribution in [0.4, 0.5) is 0 Å². The lowest BCUT2D eigenvalue weighted by Gasteiger charge is -2.35. The van der Waals surface area contributed by atoms with Gasteiger partial charge < -0.3 is 9.80 Å². The number of carbonyl (C=O) groups is 3. The number of fused-ring (bicyclic) bond motifs is 1. The average molecular weight is 791 g/mol. The number of aromatic nitrogens is 2. The summed E-state index contributed by atoms with van der Waals surface area (Å²) >= 11 is 6.31. The van der Waals surface area contributed by atoms with Crippen molar-refractivity contribution in [2.75, 3.05) is 19.6 Å². The lowest BCUT2D eigenvalue weighted by atomic mass is 9.81. The van der Waals surface area contributed by atoms with E-state index in [2.05, 4.69) is 78.1 Å². The standard InChI is InChI=1S/C48H47ClN6O3/c1-31-32(2)55(52-46(31)39-19-20-40(26-50)43(49)25-39)29-38-14-9-34(10-15-38)6-5-33-7-12-37(13-8-33)28-53-23-3-4-36(27-53)16-11-35-17-18-41-30-54(48(58)42(41)24-35)44-21-22-45(56)51-47(44)57/h9-10,14-15,17-20,24-25,33,36-37,44H,3-4,7-8,12-13,21-23,27-30H2,1-2H3,(H,51,56,57)/t33-,36?,37-,44?. The molecule has 1 saturated carbocycles. The van der Waals surface area contributed by atoms with Gasteiger partial charge in [-0.15, -0.1) is 0 Å². The average Bonchev–Trinajstić information content (AvgIpc) is 3.70. The maximum Gasteiger partial charge on any atom is 0.255 e. The van der Waals surface area contributed by atoms with Gasteiger partial charge >= 0.3 is 0 Å². The van der Waals surface area contributed by atoms with Crippen LogP contribution in [0.25, 0.3) is 11.3 Å². The molecular weight excluding hydrogens is 744 g/mol. The van der Waals surface area contributed by atoms with Crippen molar-refractivity contribution in [2.24, 2.45) is 17.8 Å². The normalized spacial score (nSPS) is 22.0. The van der Waals surface area contributed by atoms with Gasteiger partial charge in [0.1, 0.15) is 12.1 Å². The zero-order valence-electron chi connectivity index (χ0n) is 33.1. The first-order valence-corrected chi connectivity index (χ1v) is 20.9. The topological polar surface area (TPSA) is 111 Å². The molecule has 58 heavy (non-hydrogen) atoms. The number of nitrogens with zero attached hydrogens (tertiary/aromatic N) is 5. The highest BCUT2D eigenvalue weighted by molar-refractivity contribution is 6.32. The van der Waals surface area contributed by atoms with E-state index in [-0.39, 0.29) is 18.2 Å². The van der Waals surface area contributed by atoms with Gasteiger partial charge in [-0.05, 0) is 124 Å². The van der Waals surface area contributed by atoms with E-state index in [0.29, 0.717) is 53.4 Å². The van der Waals surface area contributed by atoms with Crippen LogP contribution in [0.15, 0.2) is 60.7 Å². The van der Waals surface area contributed by atoms with Crippen molar-refractivity contribution in [3.63, 3.8) is 0 Å². The van der Waals surface area contributed by atoms with Gasteiger partial charge in [-0.3, -0.25) is 24.4 Å². The molecule has 4 aliphatic rings. The number of nitrogens with one attached hydrogen (secondary N) is 1. The van der Waals surface area contributed by atoms with E-state index >= 15 is 0 Å². The molecule has 4 heterocycles. The van der Waals surface area contributed by atoms with Gasteiger partial charge in [0.2, 0.25) is 11.8 Å². The van der Waals surface area contributed by atoms with Crippen molar-refractivity contribution in [3.05, 3.63) is 110 Å². The number of amides is 3. The molecule has 2 unspecified atom stereocenters. The zero-order valence-corrected chi connectivity index (χ0v) is 33.9. The van der Waals surface area contributed by atoms with Crippen molar-refractivity contribution in [3.8, 4) is 41.0 Å². The molecule has 2 atom stereocenters.